The van der Waals surface area contributed by atoms with E-state index in [-0.39, 0.29) is 17.7 Å². The predicted octanol–water partition coefficient (Wildman–Crippen LogP) is 1.23. The van der Waals surface area contributed by atoms with Crippen molar-refractivity contribution in [3.63, 3.8) is 0 Å². The average molecular weight is 276 g/mol. The van der Waals surface area contributed by atoms with Crippen LogP contribution in [0.5, 0.6) is 0 Å². The number of rotatable bonds is 5. The summed E-state index contributed by atoms with van der Waals surface area (Å²) in [5, 5.41) is 2.83. The highest BCUT2D eigenvalue weighted by Crippen LogP contribution is 2.28. The second kappa shape index (κ2) is 6.52. The van der Waals surface area contributed by atoms with Crippen LogP contribution < -0.4 is 10.2 Å². The molecule has 1 aliphatic heterocycles. The Morgan fingerprint density at radius 1 is 1.45 bits per heavy atom. The van der Waals surface area contributed by atoms with E-state index in [0.717, 1.165) is 5.69 Å². The first-order valence-electron chi connectivity index (χ1n) is 6.80. The lowest BCUT2D eigenvalue weighted by Gasteiger charge is -2.34. The first-order chi connectivity index (χ1) is 9.65. The zero-order valence-electron chi connectivity index (χ0n) is 11.9. The molecule has 1 heterocycles. The van der Waals surface area contributed by atoms with Crippen molar-refractivity contribution in [2.45, 2.75) is 19.4 Å². The maximum Gasteiger partial charge on any atom is 0.242 e. The molecule has 5 nitrogen and oxygen atoms in total. The summed E-state index contributed by atoms with van der Waals surface area (Å²) in [6.07, 6.45) is 0.451. The minimum absolute atomic E-state index is 0.0498. The summed E-state index contributed by atoms with van der Waals surface area (Å²) in [4.78, 5) is 26.0. The molecule has 0 saturated heterocycles. The lowest BCUT2D eigenvalue weighted by atomic mass is 9.99. The van der Waals surface area contributed by atoms with E-state index in [1.165, 1.54) is 0 Å². The van der Waals surface area contributed by atoms with Crippen LogP contribution in [-0.2, 0) is 9.53 Å². The molecule has 1 aliphatic rings. The molecule has 2 rings (SSSR count). The van der Waals surface area contributed by atoms with Crippen molar-refractivity contribution in [1.82, 2.24) is 5.32 Å². The minimum Gasteiger partial charge on any atom is -0.383 e. The molecule has 108 valence electrons. The van der Waals surface area contributed by atoms with E-state index < -0.39 is 0 Å². The molecule has 5 heteroatoms. The van der Waals surface area contributed by atoms with Crippen molar-refractivity contribution >= 4 is 17.4 Å². The highest BCUT2D eigenvalue weighted by atomic mass is 16.5. The number of nitrogens with zero attached hydrogens (tertiary/aromatic N) is 1. The monoisotopic (exact) mass is 276 g/mol. The third kappa shape index (κ3) is 2.99. The third-order valence-electron chi connectivity index (χ3n) is 3.55. The summed E-state index contributed by atoms with van der Waals surface area (Å²) in [5.41, 5.74) is 1.55. The Hall–Kier alpha value is -1.88. The van der Waals surface area contributed by atoms with Crippen LogP contribution in [0.1, 0.15) is 23.7 Å². The number of carbonyl (C=O) groups excluding carboxylic acids is 2. The fourth-order valence-electron chi connectivity index (χ4n) is 2.40. The number of nitrogens with one attached hydrogen (secondary N) is 1. The van der Waals surface area contributed by atoms with Crippen molar-refractivity contribution in [2.75, 3.05) is 31.7 Å². The lowest BCUT2D eigenvalue weighted by Crippen LogP contribution is -2.48. The molecule has 1 N–H and O–H groups in total. The Kier molecular flexibility index (Phi) is 4.74. The summed E-state index contributed by atoms with van der Waals surface area (Å²) < 4.78 is 4.91. The molecular formula is C15H20N2O3. The summed E-state index contributed by atoms with van der Waals surface area (Å²) in [6, 6.07) is 7.15. The summed E-state index contributed by atoms with van der Waals surface area (Å²) in [7, 11) is 1.60. The molecule has 0 fully saturated rings. The highest BCUT2D eigenvalue weighted by Gasteiger charge is 2.28. The zero-order chi connectivity index (χ0) is 14.5. The predicted molar refractivity (Wildman–Crippen MR) is 77.1 cm³/mol. The Bertz CT molecular complexity index is 502. The van der Waals surface area contributed by atoms with Gasteiger partial charge in [0, 0.05) is 37.9 Å². The third-order valence-corrected chi connectivity index (χ3v) is 3.55. The van der Waals surface area contributed by atoms with Gasteiger partial charge in [-0.2, -0.15) is 0 Å². The zero-order valence-corrected chi connectivity index (χ0v) is 11.9. The summed E-state index contributed by atoms with van der Waals surface area (Å²) >= 11 is 0. The smallest absolute Gasteiger partial charge is 0.242 e. The standard InChI is InChI=1S/C15H20N2O3/c1-11(15(19)16-8-10-20-2)17-9-7-14(18)12-5-3-4-6-13(12)17/h3-6,11H,7-10H2,1-2H3,(H,16,19). The number of ketones is 1. The van der Waals surface area contributed by atoms with Gasteiger partial charge in [0.05, 0.1) is 6.61 Å². The van der Waals surface area contributed by atoms with Crippen LogP contribution in [0.2, 0.25) is 0 Å². The van der Waals surface area contributed by atoms with E-state index in [2.05, 4.69) is 5.32 Å². The van der Waals surface area contributed by atoms with Gasteiger partial charge < -0.3 is 15.0 Å². The number of Topliss-reactive ketones (excluding diaryl/α,β-unsaturated/α-hetero) is 1. The second-order valence-corrected chi connectivity index (χ2v) is 4.84. The highest BCUT2D eigenvalue weighted by molar-refractivity contribution is 6.04. The van der Waals surface area contributed by atoms with Crippen LogP contribution in [0, 0.1) is 0 Å². The quantitative estimate of drug-likeness (QED) is 0.822. The topological polar surface area (TPSA) is 58.6 Å². The van der Waals surface area contributed by atoms with E-state index in [1.807, 2.05) is 36.1 Å². The largest absolute Gasteiger partial charge is 0.383 e. The number of fused-ring (bicyclic) bond motifs is 1. The van der Waals surface area contributed by atoms with E-state index in [0.29, 0.717) is 31.7 Å². The van der Waals surface area contributed by atoms with Crippen LogP contribution in [0.3, 0.4) is 0 Å². The first-order valence-corrected chi connectivity index (χ1v) is 6.80. The average Bonchev–Trinajstić information content (AvgIpc) is 2.47. The summed E-state index contributed by atoms with van der Waals surface area (Å²) in [5.74, 6) is 0.0926. The molecular weight excluding hydrogens is 256 g/mol. The Balaban J connectivity index is 2.11. The van der Waals surface area contributed by atoms with Gasteiger partial charge in [-0.25, -0.2) is 0 Å². The van der Waals surface area contributed by atoms with E-state index in [4.69, 9.17) is 4.74 Å². The van der Waals surface area contributed by atoms with Crippen LogP contribution in [0.15, 0.2) is 24.3 Å². The van der Waals surface area contributed by atoms with E-state index >= 15 is 0 Å². The van der Waals surface area contributed by atoms with Crippen LogP contribution in [-0.4, -0.2) is 44.5 Å². The SMILES string of the molecule is COCCNC(=O)C(C)N1CCC(=O)c2ccccc21. The van der Waals surface area contributed by atoms with Gasteiger partial charge in [-0.3, -0.25) is 9.59 Å². The minimum atomic E-state index is -0.305. The fraction of sp³-hybridized carbons (Fsp3) is 0.467. The number of para-hydroxylation sites is 1. The number of amides is 1. The molecule has 0 radical (unpaired) electrons. The molecule has 0 spiro atoms. The Labute approximate surface area is 118 Å². The number of methoxy groups -OCH3 is 1. The van der Waals surface area contributed by atoms with Gasteiger partial charge >= 0.3 is 0 Å². The van der Waals surface area contributed by atoms with E-state index in [9.17, 15) is 9.59 Å². The molecule has 0 bridgehead atoms. The fourth-order valence-corrected chi connectivity index (χ4v) is 2.40. The van der Waals surface area contributed by atoms with Gasteiger partial charge in [0.25, 0.3) is 0 Å². The van der Waals surface area contributed by atoms with Crippen molar-refractivity contribution in [3.05, 3.63) is 29.8 Å². The number of ether oxygens (including phenoxy) is 1. The molecule has 1 amide bonds. The molecule has 1 aromatic rings. The lowest BCUT2D eigenvalue weighted by molar-refractivity contribution is -0.122. The van der Waals surface area contributed by atoms with Gasteiger partial charge in [-0.05, 0) is 19.1 Å². The van der Waals surface area contributed by atoms with E-state index in [1.54, 1.807) is 7.11 Å². The molecule has 1 aromatic carbocycles. The molecule has 1 unspecified atom stereocenters. The van der Waals surface area contributed by atoms with Crippen molar-refractivity contribution in [2.24, 2.45) is 0 Å². The Morgan fingerprint density at radius 2 is 2.20 bits per heavy atom. The van der Waals surface area contributed by atoms with Gasteiger partial charge in [-0.15, -0.1) is 0 Å². The van der Waals surface area contributed by atoms with Gasteiger partial charge in [0.15, 0.2) is 5.78 Å². The normalized spacial score (nSPS) is 15.7. The number of benzene rings is 1. The summed E-state index contributed by atoms with van der Waals surface area (Å²) in [6.45, 7) is 3.42. The number of carbonyl (C=O) groups is 2. The first kappa shape index (κ1) is 14.5. The van der Waals surface area contributed by atoms with Gasteiger partial charge in [0.2, 0.25) is 5.91 Å². The molecule has 0 aliphatic carbocycles. The van der Waals surface area contributed by atoms with Gasteiger partial charge in [-0.1, -0.05) is 12.1 Å². The second-order valence-electron chi connectivity index (χ2n) is 4.84. The molecule has 0 aromatic heterocycles. The number of anilines is 1. The van der Waals surface area contributed by atoms with Crippen molar-refractivity contribution in [1.29, 1.82) is 0 Å². The van der Waals surface area contributed by atoms with Crippen molar-refractivity contribution in [3.8, 4) is 0 Å². The Morgan fingerprint density at radius 3 is 2.95 bits per heavy atom. The van der Waals surface area contributed by atoms with Crippen molar-refractivity contribution < 1.29 is 14.3 Å². The molecule has 20 heavy (non-hydrogen) atoms. The number of hydrogen-bond acceptors (Lipinski definition) is 4. The van der Waals surface area contributed by atoms with Gasteiger partial charge in [0.1, 0.15) is 6.04 Å². The maximum absolute atomic E-state index is 12.1. The van der Waals surface area contributed by atoms with Crippen LogP contribution in [0.25, 0.3) is 0 Å². The molecule has 1 atom stereocenters. The maximum atomic E-state index is 12.1. The van der Waals surface area contributed by atoms with Crippen LogP contribution >= 0.6 is 0 Å². The number of hydrogen-bond donors (Lipinski definition) is 1. The molecule has 0 saturated carbocycles. The van der Waals surface area contributed by atoms with Crippen LogP contribution in [0.4, 0.5) is 5.69 Å².